The van der Waals surface area contributed by atoms with Crippen molar-refractivity contribution in [2.75, 3.05) is 20.1 Å². The van der Waals surface area contributed by atoms with Gasteiger partial charge < -0.3 is 10.2 Å². The van der Waals surface area contributed by atoms with Crippen LogP contribution in [0.2, 0.25) is 0 Å². The minimum atomic E-state index is -0.719. The Labute approximate surface area is 126 Å². The third-order valence-corrected chi connectivity index (χ3v) is 4.24. The summed E-state index contributed by atoms with van der Waals surface area (Å²) in [4.78, 5) is 14.4. The van der Waals surface area contributed by atoms with E-state index in [1.807, 2.05) is 30.3 Å². The van der Waals surface area contributed by atoms with Crippen LogP contribution in [-0.2, 0) is 4.79 Å². The molecule has 0 aliphatic heterocycles. The predicted octanol–water partition coefficient (Wildman–Crippen LogP) is 2.28. The fourth-order valence-electron chi connectivity index (χ4n) is 2.92. The number of nitriles is 1. The zero-order chi connectivity index (χ0) is 15.1. The summed E-state index contributed by atoms with van der Waals surface area (Å²) in [5, 5.41) is 12.1. The summed E-state index contributed by atoms with van der Waals surface area (Å²) in [5.41, 5.74) is 0.752. The van der Waals surface area contributed by atoms with Crippen LogP contribution in [0.15, 0.2) is 30.3 Å². The Morgan fingerprint density at radius 1 is 1.38 bits per heavy atom. The van der Waals surface area contributed by atoms with Crippen LogP contribution >= 0.6 is 0 Å². The average Bonchev–Trinajstić information content (AvgIpc) is 3.03. The van der Waals surface area contributed by atoms with Gasteiger partial charge in [0.2, 0.25) is 5.91 Å². The van der Waals surface area contributed by atoms with E-state index in [4.69, 9.17) is 0 Å². The average molecular weight is 285 g/mol. The molecule has 1 aromatic rings. The third kappa shape index (κ3) is 4.30. The van der Waals surface area contributed by atoms with Crippen molar-refractivity contribution >= 4 is 5.91 Å². The van der Waals surface area contributed by atoms with E-state index in [2.05, 4.69) is 23.3 Å². The molecule has 1 atom stereocenters. The molecule has 4 nitrogen and oxygen atoms in total. The maximum atomic E-state index is 12.1. The first-order chi connectivity index (χ1) is 10.2. The second-order valence-corrected chi connectivity index (χ2v) is 5.68. The van der Waals surface area contributed by atoms with Crippen molar-refractivity contribution in [1.29, 1.82) is 5.26 Å². The van der Waals surface area contributed by atoms with E-state index in [0.717, 1.165) is 12.1 Å². The molecule has 1 aliphatic rings. The van der Waals surface area contributed by atoms with Crippen molar-refractivity contribution in [1.82, 2.24) is 10.2 Å². The molecule has 1 fully saturated rings. The van der Waals surface area contributed by atoms with Crippen molar-refractivity contribution in [3.05, 3.63) is 35.9 Å². The Morgan fingerprint density at radius 2 is 2.05 bits per heavy atom. The highest BCUT2D eigenvalue weighted by Gasteiger charge is 2.21. The number of amides is 1. The van der Waals surface area contributed by atoms with Gasteiger partial charge in [0.25, 0.3) is 0 Å². The number of likely N-dealkylation sites (N-methyl/N-ethyl adjacent to an activating group) is 1. The monoisotopic (exact) mass is 285 g/mol. The van der Waals surface area contributed by atoms with Crippen molar-refractivity contribution in [2.24, 2.45) is 0 Å². The first-order valence-corrected chi connectivity index (χ1v) is 7.65. The molecule has 4 heteroatoms. The van der Waals surface area contributed by atoms with Crippen LogP contribution in [0.3, 0.4) is 0 Å². The van der Waals surface area contributed by atoms with Crippen molar-refractivity contribution in [3.63, 3.8) is 0 Å². The van der Waals surface area contributed by atoms with Gasteiger partial charge in [0.05, 0.1) is 6.07 Å². The van der Waals surface area contributed by atoms with Crippen LogP contribution in [-0.4, -0.2) is 37.0 Å². The van der Waals surface area contributed by atoms with Gasteiger partial charge in [-0.25, -0.2) is 0 Å². The molecule has 1 amide bonds. The SMILES string of the molecule is CN(CCNC(=O)C(C#N)c1ccccc1)C1CCCC1. The Bertz CT molecular complexity index is 489. The van der Waals surface area contributed by atoms with Crippen molar-refractivity contribution in [2.45, 2.75) is 37.6 Å². The highest BCUT2D eigenvalue weighted by Crippen LogP contribution is 2.21. The summed E-state index contributed by atoms with van der Waals surface area (Å²) in [6.45, 7) is 1.43. The zero-order valence-electron chi connectivity index (χ0n) is 12.6. The number of hydrogen-bond donors (Lipinski definition) is 1. The Morgan fingerprint density at radius 3 is 2.67 bits per heavy atom. The molecule has 0 spiro atoms. The number of carbonyl (C=O) groups is 1. The minimum absolute atomic E-state index is 0.205. The van der Waals surface area contributed by atoms with Crippen molar-refractivity contribution < 1.29 is 4.79 Å². The topological polar surface area (TPSA) is 56.1 Å². The summed E-state index contributed by atoms with van der Waals surface area (Å²) >= 11 is 0. The van der Waals surface area contributed by atoms with E-state index in [0.29, 0.717) is 12.6 Å². The lowest BCUT2D eigenvalue weighted by Gasteiger charge is -2.24. The second kappa shape index (κ2) is 7.80. The lowest BCUT2D eigenvalue weighted by atomic mass is 10.00. The molecule has 112 valence electrons. The molecular formula is C17H23N3O. The lowest BCUT2D eigenvalue weighted by molar-refractivity contribution is -0.121. The summed E-state index contributed by atoms with van der Waals surface area (Å²) < 4.78 is 0. The van der Waals surface area contributed by atoms with Crippen LogP contribution in [0.4, 0.5) is 0 Å². The zero-order valence-corrected chi connectivity index (χ0v) is 12.6. The fraction of sp³-hybridized carbons (Fsp3) is 0.529. The first-order valence-electron chi connectivity index (χ1n) is 7.65. The number of carbonyl (C=O) groups excluding carboxylic acids is 1. The van der Waals surface area contributed by atoms with E-state index in [9.17, 15) is 10.1 Å². The summed E-state index contributed by atoms with van der Waals surface area (Å²) in [6, 6.07) is 12.0. The first kappa shape index (κ1) is 15.5. The number of nitrogens with zero attached hydrogens (tertiary/aromatic N) is 2. The molecule has 0 saturated heterocycles. The molecule has 0 radical (unpaired) electrons. The van der Waals surface area contributed by atoms with Gasteiger partial charge in [-0.3, -0.25) is 4.79 Å². The number of benzene rings is 1. The lowest BCUT2D eigenvalue weighted by Crippen LogP contribution is -2.38. The smallest absolute Gasteiger partial charge is 0.241 e. The minimum Gasteiger partial charge on any atom is -0.353 e. The fourth-order valence-corrected chi connectivity index (χ4v) is 2.92. The number of nitrogens with one attached hydrogen (secondary N) is 1. The molecular weight excluding hydrogens is 262 g/mol. The number of rotatable bonds is 6. The molecule has 1 aliphatic carbocycles. The molecule has 2 rings (SSSR count). The normalized spacial score (nSPS) is 16.6. The van der Waals surface area contributed by atoms with E-state index < -0.39 is 5.92 Å². The number of hydrogen-bond acceptors (Lipinski definition) is 3. The van der Waals surface area contributed by atoms with Gasteiger partial charge in [-0.2, -0.15) is 5.26 Å². The van der Waals surface area contributed by atoms with Crippen LogP contribution in [0, 0.1) is 11.3 Å². The summed E-state index contributed by atoms with van der Waals surface area (Å²) in [5.74, 6) is -0.925. The quantitative estimate of drug-likeness (QED) is 0.872. The molecule has 0 aromatic heterocycles. The van der Waals surface area contributed by atoms with Gasteiger partial charge in [-0.05, 0) is 25.5 Å². The maximum Gasteiger partial charge on any atom is 0.241 e. The highest BCUT2D eigenvalue weighted by atomic mass is 16.1. The molecule has 1 aromatic carbocycles. The highest BCUT2D eigenvalue weighted by molar-refractivity contribution is 5.86. The molecule has 1 saturated carbocycles. The molecule has 0 heterocycles. The summed E-state index contributed by atoms with van der Waals surface area (Å²) in [7, 11) is 2.11. The van der Waals surface area contributed by atoms with Crippen LogP contribution in [0.1, 0.15) is 37.2 Å². The van der Waals surface area contributed by atoms with E-state index in [1.54, 1.807) is 0 Å². The molecule has 1 unspecified atom stereocenters. The third-order valence-electron chi connectivity index (χ3n) is 4.24. The van der Waals surface area contributed by atoms with Gasteiger partial charge in [-0.15, -0.1) is 0 Å². The molecule has 21 heavy (non-hydrogen) atoms. The van der Waals surface area contributed by atoms with Crippen LogP contribution in [0.25, 0.3) is 0 Å². The summed E-state index contributed by atoms with van der Waals surface area (Å²) in [6.07, 6.45) is 5.14. The van der Waals surface area contributed by atoms with Gasteiger partial charge in [0.1, 0.15) is 5.92 Å². The molecule has 0 bridgehead atoms. The van der Waals surface area contributed by atoms with E-state index in [1.165, 1.54) is 25.7 Å². The van der Waals surface area contributed by atoms with E-state index in [-0.39, 0.29) is 5.91 Å². The Hall–Kier alpha value is -1.86. The maximum absolute atomic E-state index is 12.1. The standard InChI is InChI=1S/C17H23N3O/c1-20(15-9-5-6-10-15)12-11-19-17(21)16(13-18)14-7-3-2-4-8-14/h2-4,7-8,15-16H,5-6,9-12H2,1H3,(H,19,21). The van der Waals surface area contributed by atoms with Crippen LogP contribution < -0.4 is 5.32 Å². The predicted molar refractivity (Wildman–Crippen MR) is 82.7 cm³/mol. The second-order valence-electron chi connectivity index (χ2n) is 5.68. The Kier molecular flexibility index (Phi) is 5.77. The van der Waals surface area contributed by atoms with Gasteiger partial charge in [0, 0.05) is 19.1 Å². The van der Waals surface area contributed by atoms with Crippen LogP contribution in [0.5, 0.6) is 0 Å². The Balaban J connectivity index is 1.79. The van der Waals surface area contributed by atoms with Gasteiger partial charge in [-0.1, -0.05) is 43.2 Å². The molecule has 1 N–H and O–H groups in total. The van der Waals surface area contributed by atoms with E-state index >= 15 is 0 Å². The largest absolute Gasteiger partial charge is 0.353 e. The van der Waals surface area contributed by atoms with Gasteiger partial charge >= 0.3 is 0 Å². The van der Waals surface area contributed by atoms with Crippen molar-refractivity contribution in [3.8, 4) is 6.07 Å². The van der Waals surface area contributed by atoms with Gasteiger partial charge in [0.15, 0.2) is 0 Å².